The number of carboxylic acid groups (broad SMARTS) is 1. The average molecular weight is 281 g/mol. The summed E-state index contributed by atoms with van der Waals surface area (Å²) < 4.78 is 28.6. The molecule has 0 saturated carbocycles. The highest BCUT2D eigenvalue weighted by Crippen LogP contribution is 1.90. The maximum absolute atomic E-state index is 10.2. The second kappa shape index (κ2) is 10.0. The third kappa shape index (κ3) is 17.5. The number of hydrogen-bond donors (Lipinski definition) is 2. The molecular formula is C11H23NO5S. The van der Waals surface area contributed by atoms with Crippen molar-refractivity contribution in [3.8, 4) is 0 Å². The molecule has 0 fully saturated rings. The summed E-state index contributed by atoms with van der Waals surface area (Å²) in [5, 5.41) is 9.91. The number of rotatable bonds is 6. The zero-order chi connectivity index (χ0) is 14.8. The summed E-state index contributed by atoms with van der Waals surface area (Å²) in [5.41, 5.74) is 0.313. The highest BCUT2D eigenvalue weighted by atomic mass is 32.2. The molecule has 0 rings (SSSR count). The molecule has 0 radical (unpaired) electrons. The van der Waals surface area contributed by atoms with Crippen molar-refractivity contribution < 1.29 is 27.8 Å². The molecule has 0 spiro atoms. The van der Waals surface area contributed by atoms with E-state index in [4.69, 9.17) is 4.55 Å². The average Bonchev–Trinajstić information content (AvgIpc) is 2.16. The van der Waals surface area contributed by atoms with Crippen LogP contribution in [0.3, 0.4) is 0 Å². The molecule has 0 heterocycles. The predicted octanol–water partition coefficient (Wildman–Crippen LogP) is -1.50. The molecule has 0 aromatic rings. The van der Waals surface area contributed by atoms with Crippen molar-refractivity contribution in [3.63, 3.8) is 0 Å². The van der Waals surface area contributed by atoms with Crippen LogP contribution in [-0.4, -0.2) is 45.3 Å². The summed E-state index contributed by atoms with van der Waals surface area (Å²) in [5.74, 6) is -1.20. The Labute approximate surface area is 109 Å². The summed E-state index contributed by atoms with van der Waals surface area (Å²) in [6.45, 7) is 4.17. The summed E-state index contributed by atoms with van der Waals surface area (Å²) in [6, 6.07) is 0. The lowest BCUT2D eigenvalue weighted by atomic mass is 10.2. The van der Waals surface area contributed by atoms with Crippen LogP contribution in [0.1, 0.15) is 26.7 Å². The van der Waals surface area contributed by atoms with E-state index < -0.39 is 16.1 Å². The Morgan fingerprint density at radius 1 is 1.39 bits per heavy atom. The fourth-order valence-corrected chi connectivity index (χ4v) is 1.51. The van der Waals surface area contributed by atoms with Gasteiger partial charge >= 0.3 is 0 Å². The first kappa shape index (κ1) is 19.4. The molecule has 0 aromatic carbocycles. The minimum Gasteiger partial charge on any atom is -0.545 e. The van der Waals surface area contributed by atoms with E-state index in [9.17, 15) is 18.3 Å². The van der Waals surface area contributed by atoms with Crippen molar-refractivity contribution in [3.05, 3.63) is 11.6 Å². The largest absolute Gasteiger partial charge is 0.545 e. The zero-order valence-electron chi connectivity index (χ0n) is 11.4. The molecule has 0 unspecified atom stereocenters. The fourth-order valence-electron chi connectivity index (χ4n) is 0.998. The Hall–Kier alpha value is -0.920. The van der Waals surface area contributed by atoms with Crippen LogP contribution in [0.25, 0.3) is 0 Å². The second-order valence-electron chi connectivity index (χ2n) is 4.18. The molecule has 0 amide bonds. The molecule has 0 saturated heterocycles. The normalized spacial score (nSPS) is 12.0. The van der Waals surface area contributed by atoms with Gasteiger partial charge in [-0.3, -0.25) is 4.55 Å². The van der Waals surface area contributed by atoms with E-state index in [-0.39, 0.29) is 5.75 Å². The van der Waals surface area contributed by atoms with Gasteiger partial charge in [0, 0.05) is 6.42 Å². The molecule has 0 atom stereocenters. The van der Waals surface area contributed by atoms with Gasteiger partial charge in [0.25, 0.3) is 10.1 Å². The topological polar surface area (TPSA) is 98.9 Å². The quantitative estimate of drug-likeness (QED) is 0.456. The number of allylic oxidation sites excluding steroid dienone is 1. The minimum atomic E-state index is -3.73. The number of quaternary nitrogens is 1. The van der Waals surface area contributed by atoms with E-state index in [0.29, 0.717) is 12.0 Å². The van der Waals surface area contributed by atoms with Gasteiger partial charge in [0.1, 0.15) is 0 Å². The van der Waals surface area contributed by atoms with Gasteiger partial charge in [-0.15, -0.1) is 0 Å². The van der Waals surface area contributed by atoms with Gasteiger partial charge in [0.05, 0.1) is 32.4 Å². The third-order valence-corrected chi connectivity index (χ3v) is 2.72. The van der Waals surface area contributed by atoms with Crippen LogP contribution in [0, 0.1) is 0 Å². The van der Waals surface area contributed by atoms with Gasteiger partial charge in [-0.25, -0.2) is 0 Å². The van der Waals surface area contributed by atoms with E-state index in [1.54, 1.807) is 6.08 Å². The predicted molar refractivity (Wildman–Crippen MR) is 67.8 cm³/mol. The number of aliphatic carboxylic acids is 1. The highest BCUT2D eigenvalue weighted by molar-refractivity contribution is 7.85. The van der Waals surface area contributed by atoms with Crippen LogP contribution in [0.4, 0.5) is 0 Å². The molecule has 0 aliphatic carbocycles. The smallest absolute Gasteiger partial charge is 0.265 e. The van der Waals surface area contributed by atoms with E-state index in [0.717, 1.165) is 13.0 Å². The molecule has 0 aliphatic rings. The second-order valence-corrected chi connectivity index (χ2v) is 5.75. The molecule has 0 bridgehead atoms. The Bertz CT molecular complexity index is 360. The van der Waals surface area contributed by atoms with E-state index in [1.165, 1.54) is 11.8 Å². The standard InChI is InChI=1S/C6H10O2.C5H13NO3S/c1-3-4-5(2)6(7)8;1-6(2)4-3-5-10(7,8)9/h4H,3H2,1-2H3,(H,7,8);3-5H2,1-2H3,(H,7,8,9). The van der Waals surface area contributed by atoms with Crippen LogP contribution in [0.15, 0.2) is 11.6 Å². The Morgan fingerprint density at radius 3 is 2.11 bits per heavy atom. The first-order valence-electron chi connectivity index (χ1n) is 5.72. The number of hydrogen-bond acceptors (Lipinski definition) is 4. The van der Waals surface area contributed by atoms with Crippen molar-refractivity contribution in [1.82, 2.24) is 0 Å². The maximum Gasteiger partial charge on any atom is 0.265 e. The zero-order valence-corrected chi connectivity index (χ0v) is 12.2. The highest BCUT2D eigenvalue weighted by Gasteiger charge is 2.04. The van der Waals surface area contributed by atoms with Crippen molar-refractivity contribution in [2.75, 3.05) is 26.4 Å². The summed E-state index contributed by atoms with van der Waals surface area (Å²) in [7, 11) is 0.136. The molecule has 0 aromatic heterocycles. The summed E-state index contributed by atoms with van der Waals surface area (Å²) in [6.07, 6.45) is 2.89. The van der Waals surface area contributed by atoms with Crippen molar-refractivity contribution >= 4 is 16.1 Å². The molecule has 108 valence electrons. The first-order chi connectivity index (χ1) is 8.10. The number of carboxylic acids is 1. The van der Waals surface area contributed by atoms with Crippen LogP contribution < -0.4 is 10.0 Å². The Balaban J connectivity index is 0. The van der Waals surface area contributed by atoms with Crippen molar-refractivity contribution in [2.24, 2.45) is 0 Å². The van der Waals surface area contributed by atoms with Crippen molar-refractivity contribution in [2.45, 2.75) is 26.7 Å². The van der Waals surface area contributed by atoms with Gasteiger partial charge < -0.3 is 14.8 Å². The molecule has 6 nitrogen and oxygen atoms in total. The summed E-state index contributed by atoms with van der Waals surface area (Å²) in [4.78, 5) is 11.1. The molecule has 2 N–H and O–H groups in total. The lowest BCUT2D eigenvalue weighted by molar-refractivity contribution is -0.858. The van der Waals surface area contributed by atoms with Crippen LogP contribution in [0.2, 0.25) is 0 Å². The molecule has 18 heavy (non-hydrogen) atoms. The van der Waals surface area contributed by atoms with Crippen molar-refractivity contribution in [1.29, 1.82) is 0 Å². The number of carbonyl (C=O) groups is 1. The van der Waals surface area contributed by atoms with Crippen LogP contribution >= 0.6 is 0 Å². The van der Waals surface area contributed by atoms with E-state index >= 15 is 0 Å². The number of nitrogens with one attached hydrogen (secondary N) is 1. The molecular weight excluding hydrogens is 258 g/mol. The number of carbonyl (C=O) groups excluding carboxylic acids is 1. The van der Waals surface area contributed by atoms with Gasteiger partial charge in [0.2, 0.25) is 0 Å². The van der Waals surface area contributed by atoms with Crippen LogP contribution in [-0.2, 0) is 14.9 Å². The monoisotopic (exact) mass is 281 g/mol. The Morgan fingerprint density at radius 2 is 1.89 bits per heavy atom. The first-order valence-corrected chi connectivity index (χ1v) is 7.33. The molecule has 7 heteroatoms. The fraction of sp³-hybridized carbons (Fsp3) is 0.727. The lowest BCUT2D eigenvalue weighted by Crippen LogP contribution is -3.05. The Kier molecular flexibility index (Phi) is 10.8. The van der Waals surface area contributed by atoms with Crippen LogP contribution in [0.5, 0.6) is 0 Å². The minimum absolute atomic E-state index is 0.127. The molecule has 0 aliphatic heterocycles. The summed E-state index contributed by atoms with van der Waals surface area (Å²) >= 11 is 0. The van der Waals surface area contributed by atoms with E-state index in [2.05, 4.69) is 0 Å². The van der Waals surface area contributed by atoms with Gasteiger partial charge in [-0.1, -0.05) is 13.0 Å². The van der Waals surface area contributed by atoms with E-state index in [1.807, 2.05) is 21.0 Å². The lowest BCUT2D eigenvalue weighted by Gasteiger charge is -2.04. The van der Waals surface area contributed by atoms with Gasteiger partial charge in [-0.05, 0) is 18.9 Å². The SMILES string of the molecule is CCC=C(C)C(=O)[O-].C[NH+](C)CCCS(=O)(=O)O. The van der Waals surface area contributed by atoms with Gasteiger partial charge in [0.15, 0.2) is 0 Å². The maximum atomic E-state index is 10.2. The van der Waals surface area contributed by atoms with Gasteiger partial charge in [-0.2, -0.15) is 8.42 Å². The third-order valence-electron chi connectivity index (χ3n) is 1.91.